The van der Waals surface area contributed by atoms with E-state index in [9.17, 15) is 23.1 Å². The van der Waals surface area contributed by atoms with E-state index in [-0.39, 0.29) is 16.4 Å². The first-order valence-corrected chi connectivity index (χ1v) is 8.75. The smallest absolute Gasteiger partial charge is 0.326 e. The molecule has 2 rings (SSSR count). The van der Waals surface area contributed by atoms with Crippen LogP contribution < -0.4 is 0 Å². The molecule has 23 heavy (non-hydrogen) atoms. The lowest BCUT2D eigenvalue weighted by Gasteiger charge is -2.33. The second-order valence-corrected chi connectivity index (χ2v) is 7.81. The summed E-state index contributed by atoms with van der Waals surface area (Å²) < 4.78 is 25.1. The Morgan fingerprint density at radius 2 is 1.78 bits per heavy atom. The molecule has 1 aromatic carbocycles. The molecule has 1 aliphatic rings. The maximum absolute atomic E-state index is 12.5. The van der Waals surface area contributed by atoms with Gasteiger partial charge in [-0.05, 0) is 43.5 Å². The number of carbonyl (C=O) groups excluding carboxylic acids is 1. The minimum atomic E-state index is -3.55. The second kappa shape index (κ2) is 6.67. The molecule has 1 amide bonds. The first-order chi connectivity index (χ1) is 10.7. The molecule has 7 nitrogen and oxygen atoms in total. The lowest BCUT2D eigenvalue weighted by Crippen LogP contribution is -2.47. The summed E-state index contributed by atoms with van der Waals surface area (Å²) in [6.45, 7) is 0.396. The van der Waals surface area contributed by atoms with Gasteiger partial charge in [-0.15, -0.1) is 0 Å². The van der Waals surface area contributed by atoms with Crippen LogP contribution in [-0.4, -0.2) is 61.3 Å². The number of amides is 1. The SMILES string of the molecule is CN(C)S(=O)(=O)c1ccc(C(=O)N2CCCC[C@@H]2C(=O)O)cc1. The number of rotatable bonds is 4. The van der Waals surface area contributed by atoms with Crippen LogP contribution in [0.4, 0.5) is 0 Å². The Labute approximate surface area is 135 Å². The average Bonchev–Trinajstić information content (AvgIpc) is 2.54. The molecule has 0 bridgehead atoms. The number of piperidine rings is 1. The summed E-state index contributed by atoms with van der Waals surface area (Å²) in [7, 11) is -0.694. The fourth-order valence-corrected chi connectivity index (χ4v) is 3.48. The molecule has 0 aliphatic carbocycles. The topological polar surface area (TPSA) is 95.0 Å². The van der Waals surface area contributed by atoms with Crippen LogP contribution in [0.3, 0.4) is 0 Å². The minimum Gasteiger partial charge on any atom is -0.480 e. The summed E-state index contributed by atoms with van der Waals surface area (Å²) in [5.74, 6) is -1.39. The van der Waals surface area contributed by atoms with Crippen LogP contribution >= 0.6 is 0 Å². The molecule has 1 atom stereocenters. The van der Waals surface area contributed by atoms with Crippen LogP contribution in [0.5, 0.6) is 0 Å². The first kappa shape index (κ1) is 17.4. The molecule has 1 aliphatic heterocycles. The molecule has 0 aromatic heterocycles. The van der Waals surface area contributed by atoms with E-state index in [0.717, 1.165) is 17.1 Å². The molecule has 1 heterocycles. The number of likely N-dealkylation sites (tertiary alicyclic amines) is 1. The van der Waals surface area contributed by atoms with Gasteiger partial charge in [0.25, 0.3) is 5.91 Å². The molecule has 1 aromatic rings. The van der Waals surface area contributed by atoms with Crippen LogP contribution in [0.15, 0.2) is 29.2 Å². The van der Waals surface area contributed by atoms with Crippen molar-refractivity contribution in [2.75, 3.05) is 20.6 Å². The summed E-state index contributed by atoms with van der Waals surface area (Å²) >= 11 is 0. The van der Waals surface area contributed by atoms with Gasteiger partial charge < -0.3 is 10.0 Å². The number of carboxylic acids is 1. The molecular formula is C15H20N2O5S. The molecular weight excluding hydrogens is 320 g/mol. The molecule has 1 fully saturated rings. The third kappa shape index (κ3) is 3.53. The zero-order valence-corrected chi connectivity index (χ0v) is 13.9. The Hall–Kier alpha value is -1.93. The van der Waals surface area contributed by atoms with Gasteiger partial charge in [-0.2, -0.15) is 0 Å². The van der Waals surface area contributed by atoms with Crippen molar-refractivity contribution in [2.45, 2.75) is 30.2 Å². The highest BCUT2D eigenvalue weighted by Gasteiger charge is 2.32. The highest BCUT2D eigenvalue weighted by atomic mass is 32.2. The Morgan fingerprint density at radius 1 is 1.17 bits per heavy atom. The lowest BCUT2D eigenvalue weighted by molar-refractivity contribution is -0.143. The number of carbonyl (C=O) groups is 2. The predicted octanol–water partition coefficient (Wildman–Crippen LogP) is 1.02. The molecule has 8 heteroatoms. The molecule has 0 saturated carbocycles. The number of nitrogens with zero attached hydrogens (tertiary/aromatic N) is 2. The van der Waals surface area contributed by atoms with E-state index in [2.05, 4.69) is 0 Å². The number of sulfonamides is 1. The van der Waals surface area contributed by atoms with Gasteiger partial charge >= 0.3 is 5.97 Å². The van der Waals surface area contributed by atoms with Gasteiger partial charge in [0, 0.05) is 26.2 Å². The molecule has 1 saturated heterocycles. The van der Waals surface area contributed by atoms with Crippen molar-refractivity contribution in [2.24, 2.45) is 0 Å². The van der Waals surface area contributed by atoms with E-state index < -0.39 is 22.0 Å². The van der Waals surface area contributed by atoms with Crippen molar-refractivity contribution >= 4 is 21.9 Å². The predicted molar refractivity (Wildman–Crippen MR) is 83.6 cm³/mol. The Bertz CT molecular complexity index is 697. The zero-order chi connectivity index (χ0) is 17.2. The van der Waals surface area contributed by atoms with Crippen molar-refractivity contribution in [1.29, 1.82) is 0 Å². The maximum atomic E-state index is 12.5. The molecule has 0 unspecified atom stereocenters. The van der Waals surface area contributed by atoms with Gasteiger partial charge in [-0.1, -0.05) is 0 Å². The first-order valence-electron chi connectivity index (χ1n) is 7.31. The molecule has 0 radical (unpaired) electrons. The van der Waals surface area contributed by atoms with Crippen molar-refractivity contribution < 1.29 is 23.1 Å². The van der Waals surface area contributed by atoms with Gasteiger partial charge in [0.05, 0.1) is 4.90 Å². The normalized spacial score (nSPS) is 18.9. The van der Waals surface area contributed by atoms with Gasteiger partial charge in [0.1, 0.15) is 6.04 Å². The highest BCUT2D eigenvalue weighted by molar-refractivity contribution is 7.89. The summed E-state index contributed by atoms with van der Waals surface area (Å²) in [5, 5.41) is 9.24. The summed E-state index contributed by atoms with van der Waals surface area (Å²) in [6, 6.07) is 4.75. The summed E-state index contributed by atoms with van der Waals surface area (Å²) in [5.41, 5.74) is 0.288. The van der Waals surface area contributed by atoms with Crippen LogP contribution in [0.1, 0.15) is 29.6 Å². The van der Waals surface area contributed by atoms with Crippen molar-refractivity contribution in [3.63, 3.8) is 0 Å². The second-order valence-electron chi connectivity index (χ2n) is 5.66. The Kier molecular flexibility index (Phi) is 5.06. The average molecular weight is 340 g/mol. The van der Waals surface area contributed by atoms with Gasteiger partial charge in [-0.25, -0.2) is 17.5 Å². The van der Waals surface area contributed by atoms with E-state index >= 15 is 0 Å². The quantitative estimate of drug-likeness (QED) is 0.883. The molecule has 1 N–H and O–H groups in total. The van der Waals surface area contributed by atoms with Crippen LogP contribution in [-0.2, 0) is 14.8 Å². The third-order valence-electron chi connectivity index (χ3n) is 3.93. The van der Waals surface area contributed by atoms with Gasteiger partial charge in [0.15, 0.2) is 0 Å². The number of carboxylic acid groups (broad SMARTS) is 1. The number of benzene rings is 1. The van der Waals surface area contributed by atoms with E-state index in [1.54, 1.807) is 0 Å². The summed E-state index contributed by atoms with van der Waals surface area (Å²) in [6.07, 6.45) is 1.98. The number of aliphatic carboxylic acids is 1. The van der Waals surface area contributed by atoms with Crippen LogP contribution in [0.25, 0.3) is 0 Å². The van der Waals surface area contributed by atoms with E-state index in [1.807, 2.05) is 0 Å². The van der Waals surface area contributed by atoms with Crippen molar-refractivity contribution in [1.82, 2.24) is 9.21 Å². The standard InChI is InChI=1S/C15H20N2O5S/c1-16(2)23(21,22)12-8-6-11(7-9-12)14(18)17-10-4-3-5-13(17)15(19)20/h6-9,13H,3-5,10H2,1-2H3,(H,19,20)/t13-/m1/s1. The van der Waals surface area contributed by atoms with Gasteiger partial charge in [0.2, 0.25) is 10.0 Å². The van der Waals surface area contributed by atoms with Crippen molar-refractivity contribution in [3.05, 3.63) is 29.8 Å². The molecule has 126 valence electrons. The zero-order valence-electron chi connectivity index (χ0n) is 13.1. The van der Waals surface area contributed by atoms with E-state index in [4.69, 9.17) is 0 Å². The van der Waals surface area contributed by atoms with Gasteiger partial charge in [-0.3, -0.25) is 4.79 Å². The lowest BCUT2D eigenvalue weighted by atomic mass is 10.0. The number of hydrogen-bond acceptors (Lipinski definition) is 4. The van der Waals surface area contributed by atoms with E-state index in [0.29, 0.717) is 13.0 Å². The monoisotopic (exact) mass is 340 g/mol. The fraction of sp³-hybridized carbons (Fsp3) is 0.467. The fourth-order valence-electron chi connectivity index (χ4n) is 2.58. The summed E-state index contributed by atoms with van der Waals surface area (Å²) in [4.78, 5) is 25.2. The van der Waals surface area contributed by atoms with E-state index in [1.165, 1.54) is 43.3 Å². The largest absolute Gasteiger partial charge is 0.480 e. The Balaban J connectivity index is 2.25. The minimum absolute atomic E-state index is 0.0903. The maximum Gasteiger partial charge on any atom is 0.326 e. The van der Waals surface area contributed by atoms with Crippen LogP contribution in [0, 0.1) is 0 Å². The van der Waals surface area contributed by atoms with Crippen molar-refractivity contribution in [3.8, 4) is 0 Å². The highest BCUT2D eigenvalue weighted by Crippen LogP contribution is 2.21. The number of hydrogen-bond donors (Lipinski definition) is 1. The van der Waals surface area contributed by atoms with Crippen LogP contribution in [0.2, 0.25) is 0 Å². The Morgan fingerprint density at radius 3 is 2.30 bits per heavy atom. The molecule has 0 spiro atoms. The third-order valence-corrected chi connectivity index (χ3v) is 5.76.